The summed E-state index contributed by atoms with van der Waals surface area (Å²) in [5, 5.41) is 6.33. The molecule has 2 aromatic heterocycles. The monoisotopic (exact) mass is 319 g/mol. The number of aromatic nitrogens is 1. The van der Waals surface area contributed by atoms with Crippen molar-refractivity contribution in [1.29, 1.82) is 0 Å². The second-order valence-electron chi connectivity index (χ2n) is 4.45. The number of hydrogen-bond donors (Lipinski definition) is 1. The van der Waals surface area contributed by atoms with E-state index in [-0.39, 0.29) is 5.56 Å². The zero-order valence-corrected chi connectivity index (χ0v) is 12.3. The van der Waals surface area contributed by atoms with Crippen LogP contribution in [0.2, 0.25) is 0 Å². The summed E-state index contributed by atoms with van der Waals surface area (Å²) in [5.41, 5.74) is 4.13. The molecule has 0 unspecified atom stereocenters. The summed E-state index contributed by atoms with van der Waals surface area (Å²) < 4.78 is 31.8. The molecule has 3 rings (SSSR count). The fourth-order valence-corrected chi connectivity index (χ4v) is 2.47. The van der Waals surface area contributed by atoms with Crippen LogP contribution in [0, 0.1) is 11.6 Å². The summed E-state index contributed by atoms with van der Waals surface area (Å²) in [4.78, 5) is 4.23. The number of hydrogen-bond acceptors (Lipinski definition) is 5. The van der Waals surface area contributed by atoms with Crippen LogP contribution in [0.15, 0.2) is 51.5 Å². The van der Waals surface area contributed by atoms with Crippen molar-refractivity contribution >= 4 is 22.2 Å². The van der Waals surface area contributed by atoms with Gasteiger partial charge in [-0.25, -0.2) is 13.8 Å². The molecule has 2 heterocycles. The van der Waals surface area contributed by atoms with Gasteiger partial charge >= 0.3 is 0 Å². The Morgan fingerprint density at radius 1 is 1.32 bits per heavy atom. The first kappa shape index (κ1) is 14.4. The van der Waals surface area contributed by atoms with Crippen molar-refractivity contribution in [2.45, 2.75) is 6.92 Å². The Hall–Kier alpha value is -2.54. The molecule has 112 valence electrons. The quantitative estimate of drug-likeness (QED) is 0.568. The summed E-state index contributed by atoms with van der Waals surface area (Å²) in [7, 11) is 0. The van der Waals surface area contributed by atoms with E-state index in [4.69, 9.17) is 4.42 Å². The van der Waals surface area contributed by atoms with Crippen LogP contribution < -0.4 is 5.43 Å². The van der Waals surface area contributed by atoms with Gasteiger partial charge in [-0.15, -0.1) is 11.3 Å². The standard InChI is InChI=1S/C15H11F2N3OS/c1-9(14-3-2-6-21-14)19-20-15-18-13(8-22-15)11-5-4-10(16)7-12(11)17/h2-8H,1H3,(H,18,20)/b19-9-. The zero-order valence-electron chi connectivity index (χ0n) is 11.5. The number of nitrogens with one attached hydrogen (secondary N) is 1. The molecule has 0 amide bonds. The van der Waals surface area contributed by atoms with Crippen LogP contribution >= 0.6 is 11.3 Å². The third-order valence-electron chi connectivity index (χ3n) is 2.91. The van der Waals surface area contributed by atoms with Gasteiger partial charge in [0.2, 0.25) is 5.13 Å². The maximum absolute atomic E-state index is 13.7. The number of benzene rings is 1. The van der Waals surface area contributed by atoms with Gasteiger partial charge in [-0.1, -0.05) is 0 Å². The summed E-state index contributed by atoms with van der Waals surface area (Å²) in [6, 6.07) is 6.96. The molecule has 0 aliphatic rings. The highest BCUT2D eigenvalue weighted by Gasteiger charge is 2.10. The molecule has 1 aromatic carbocycles. The number of furan rings is 1. The van der Waals surface area contributed by atoms with Gasteiger partial charge in [0.05, 0.1) is 12.0 Å². The van der Waals surface area contributed by atoms with Crippen molar-refractivity contribution in [2.24, 2.45) is 5.10 Å². The smallest absolute Gasteiger partial charge is 0.203 e. The van der Waals surface area contributed by atoms with E-state index >= 15 is 0 Å². The van der Waals surface area contributed by atoms with E-state index in [1.165, 1.54) is 23.5 Å². The second-order valence-corrected chi connectivity index (χ2v) is 5.31. The SMILES string of the molecule is C/C(=N/Nc1nc(-c2ccc(F)cc2F)cs1)c1ccco1. The first-order valence-electron chi connectivity index (χ1n) is 6.38. The number of thiazole rings is 1. The lowest BCUT2D eigenvalue weighted by Crippen LogP contribution is -1.97. The Kier molecular flexibility index (Phi) is 3.97. The molecule has 0 aliphatic carbocycles. The van der Waals surface area contributed by atoms with Gasteiger partial charge in [0.15, 0.2) is 0 Å². The Labute approximate surface area is 129 Å². The summed E-state index contributed by atoms with van der Waals surface area (Å²) >= 11 is 1.28. The lowest BCUT2D eigenvalue weighted by molar-refractivity contribution is 0.557. The highest BCUT2D eigenvalue weighted by atomic mass is 32.1. The first-order valence-corrected chi connectivity index (χ1v) is 7.26. The maximum Gasteiger partial charge on any atom is 0.203 e. The molecule has 0 radical (unpaired) electrons. The minimum atomic E-state index is -0.646. The fraction of sp³-hybridized carbons (Fsp3) is 0.0667. The summed E-state index contributed by atoms with van der Waals surface area (Å²) in [6.45, 7) is 1.79. The zero-order chi connectivity index (χ0) is 15.5. The van der Waals surface area contributed by atoms with E-state index in [1.54, 1.807) is 30.7 Å². The topological polar surface area (TPSA) is 50.4 Å². The van der Waals surface area contributed by atoms with E-state index in [2.05, 4.69) is 15.5 Å². The molecule has 0 bridgehead atoms. The van der Waals surface area contributed by atoms with Gasteiger partial charge in [-0.2, -0.15) is 5.10 Å². The van der Waals surface area contributed by atoms with Crippen LogP contribution in [0.5, 0.6) is 0 Å². The summed E-state index contributed by atoms with van der Waals surface area (Å²) in [5.74, 6) is -0.616. The molecular formula is C15H11F2N3OS. The largest absolute Gasteiger partial charge is 0.463 e. The van der Waals surface area contributed by atoms with Crippen LogP contribution in [0.25, 0.3) is 11.3 Å². The van der Waals surface area contributed by atoms with E-state index in [9.17, 15) is 8.78 Å². The molecule has 22 heavy (non-hydrogen) atoms. The van der Waals surface area contributed by atoms with E-state index < -0.39 is 11.6 Å². The number of rotatable bonds is 4. The number of halogens is 2. The van der Waals surface area contributed by atoms with Crippen molar-refractivity contribution in [3.63, 3.8) is 0 Å². The lowest BCUT2D eigenvalue weighted by Gasteiger charge is -1.99. The average molecular weight is 319 g/mol. The molecular weight excluding hydrogens is 308 g/mol. The first-order chi connectivity index (χ1) is 10.6. The normalized spacial score (nSPS) is 11.7. The van der Waals surface area contributed by atoms with Crippen molar-refractivity contribution in [1.82, 2.24) is 4.98 Å². The molecule has 4 nitrogen and oxygen atoms in total. The highest BCUT2D eigenvalue weighted by Crippen LogP contribution is 2.27. The maximum atomic E-state index is 13.7. The molecule has 0 atom stereocenters. The van der Waals surface area contributed by atoms with Crippen molar-refractivity contribution in [2.75, 3.05) is 5.43 Å². The van der Waals surface area contributed by atoms with Gasteiger partial charge in [0.1, 0.15) is 23.1 Å². The molecule has 0 saturated heterocycles. The molecule has 0 fully saturated rings. The second kappa shape index (κ2) is 6.07. The van der Waals surface area contributed by atoms with Gasteiger partial charge in [-0.05, 0) is 31.2 Å². The van der Waals surface area contributed by atoms with E-state index in [0.29, 0.717) is 22.3 Å². The van der Waals surface area contributed by atoms with Gasteiger partial charge in [0, 0.05) is 17.0 Å². The Morgan fingerprint density at radius 2 is 2.18 bits per heavy atom. The van der Waals surface area contributed by atoms with Crippen LogP contribution in [-0.2, 0) is 0 Å². The summed E-state index contributed by atoms with van der Waals surface area (Å²) in [6.07, 6.45) is 1.56. The molecule has 0 saturated carbocycles. The number of anilines is 1. The van der Waals surface area contributed by atoms with Crippen LogP contribution in [0.3, 0.4) is 0 Å². The molecule has 1 N–H and O–H groups in total. The molecule has 0 spiro atoms. The van der Waals surface area contributed by atoms with E-state index in [0.717, 1.165) is 6.07 Å². The highest BCUT2D eigenvalue weighted by molar-refractivity contribution is 7.14. The Bertz CT molecular complexity index is 812. The van der Waals surface area contributed by atoms with Gasteiger partial charge in [-0.3, -0.25) is 5.43 Å². The average Bonchev–Trinajstić information content (AvgIpc) is 3.16. The minimum absolute atomic E-state index is 0.248. The van der Waals surface area contributed by atoms with Gasteiger partial charge in [0.25, 0.3) is 0 Å². The molecule has 3 aromatic rings. The number of nitrogens with zero attached hydrogens (tertiary/aromatic N) is 2. The van der Waals surface area contributed by atoms with Crippen molar-refractivity contribution in [3.8, 4) is 11.3 Å². The Morgan fingerprint density at radius 3 is 2.91 bits per heavy atom. The van der Waals surface area contributed by atoms with Crippen molar-refractivity contribution < 1.29 is 13.2 Å². The van der Waals surface area contributed by atoms with Crippen LogP contribution in [0.1, 0.15) is 12.7 Å². The third kappa shape index (κ3) is 3.04. The fourth-order valence-electron chi connectivity index (χ4n) is 1.82. The van der Waals surface area contributed by atoms with Crippen LogP contribution in [-0.4, -0.2) is 10.7 Å². The lowest BCUT2D eigenvalue weighted by atomic mass is 10.1. The predicted octanol–water partition coefficient (Wildman–Crippen LogP) is 4.52. The van der Waals surface area contributed by atoms with Gasteiger partial charge < -0.3 is 4.42 Å². The van der Waals surface area contributed by atoms with Crippen molar-refractivity contribution in [3.05, 3.63) is 59.4 Å². The van der Waals surface area contributed by atoms with E-state index in [1.807, 2.05) is 0 Å². The minimum Gasteiger partial charge on any atom is -0.463 e. The van der Waals surface area contributed by atoms with Crippen LogP contribution in [0.4, 0.5) is 13.9 Å². The third-order valence-corrected chi connectivity index (χ3v) is 3.66. The molecule has 0 aliphatic heterocycles. The molecule has 7 heteroatoms. The Balaban J connectivity index is 1.78. The predicted molar refractivity (Wildman–Crippen MR) is 82.0 cm³/mol. The number of hydrazone groups is 1.